The van der Waals surface area contributed by atoms with Crippen molar-refractivity contribution in [2.75, 3.05) is 20.2 Å². The van der Waals surface area contributed by atoms with Gasteiger partial charge < -0.3 is 14.4 Å². The van der Waals surface area contributed by atoms with Crippen molar-refractivity contribution in [2.24, 2.45) is 0 Å². The Kier molecular flexibility index (Phi) is 4.93. The molecule has 0 radical (unpaired) electrons. The van der Waals surface area contributed by atoms with Gasteiger partial charge in [-0.05, 0) is 25.0 Å². The molecule has 126 valence electrons. The van der Waals surface area contributed by atoms with Crippen LogP contribution in [0, 0.1) is 0 Å². The average Bonchev–Trinajstić information content (AvgIpc) is 2.62. The van der Waals surface area contributed by atoms with E-state index in [2.05, 4.69) is 9.97 Å². The highest BCUT2D eigenvalue weighted by molar-refractivity contribution is 5.73. The summed E-state index contributed by atoms with van der Waals surface area (Å²) in [5.41, 5.74) is 0.855. The van der Waals surface area contributed by atoms with Gasteiger partial charge in [-0.3, -0.25) is 9.78 Å². The van der Waals surface area contributed by atoms with E-state index in [4.69, 9.17) is 9.47 Å². The highest BCUT2D eigenvalue weighted by atomic mass is 16.5. The molecule has 2 aromatic rings. The average molecular weight is 327 g/mol. The Morgan fingerprint density at radius 2 is 2.04 bits per heavy atom. The molecule has 1 aliphatic rings. The van der Waals surface area contributed by atoms with E-state index in [1.807, 2.05) is 29.2 Å². The molecule has 1 aromatic heterocycles. The van der Waals surface area contributed by atoms with E-state index in [1.54, 1.807) is 26.4 Å². The molecular formula is C18H21N3O3. The number of piperidine rings is 1. The summed E-state index contributed by atoms with van der Waals surface area (Å²) >= 11 is 0. The first-order chi connectivity index (χ1) is 11.7. The number of ether oxygens (including phenoxy) is 2. The van der Waals surface area contributed by atoms with E-state index in [1.165, 1.54) is 0 Å². The van der Waals surface area contributed by atoms with Gasteiger partial charge in [-0.25, -0.2) is 4.98 Å². The van der Waals surface area contributed by atoms with Crippen molar-refractivity contribution in [1.29, 1.82) is 0 Å². The fourth-order valence-corrected chi connectivity index (χ4v) is 2.93. The van der Waals surface area contributed by atoms with Crippen LogP contribution in [0.1, 0.15) is 31.4 Å². The van der Waals surface area contributed by atoms with Crippen LogP contribution in [0.2, 0.25) is 0 Å². The van der Waals surface area contributed by atoms with Crippen LogP contribution in [0.3, 0.4) is 0 Å². The van der Waals surface area contributed by atoms with Crippen molar-refractivity contribution in [3.05, 3.63) is 42.4 Å². The standard InChI is InChI=1S/C18H21N3O3/c1-13(22)21-9-5-6-14(12-21)15-10-19-11-18(20-15)24-17-8-4-3-7-16(17)23-2/h3-4,7-8,10-11,14H,5-6,9,12H2,1-2H3. The van der Waals surface area contributed by atoms with E-state index in [0.717, 1.165) is 25.1 Å². The number of para-hydroxylation sites is 2. The molecule has 6 heteroatoms. The highest BCUT2D eigenvalue weighted by Crippen LogP contribution is 2.31. The molecule has 1 atom stereocenters. The number of amides is 1. The fraction of sp³-hybridized carbons (Fsp3) is 0.389. The van der Waals surface area contributed by atoms with Crippen LogP contribution >= 0.6 is 0 Å². The van der Waals surface area contributed by atoms with Gasteiger partial charge in [0.25, 0.3) is 0 Å². The molecule has 1 fully saturated rings. The number of benzene rings is 1. The monoisotopic (exact) mass is 327 g/mol. The third kappa shape index (κ3) is 3.64. The second kappa shape index (κ2) is 7.29. The van der Waals surface area contributed by atoms with Crippen molar-refractivity contribution < 1.29 is 14.3 Å². The zero-order chi connectivity index (χ0) is 16.9. The quantitative estimate of drug-likeness (QED) is 0.864. The van der Waals surface area contributed by atoms with Crippen LogP contribution in [-0.4, -0.2) is 41.0 Å². The lowest BCUT2D eigenvalue weighted by Gasteiger charge is -2.31. The first kappa shape index (κ1) is 16.2. The van der Waals surface area contributed by atoms with Gasteiger partial charge in [0.1, 0.15) is 0 Å². The Morgan fingerprint density at radius 1 is 1.25 bits per heavy atom. The zero-order valence-corrected chi connectivity index (χ0v) is 13.9. The Hall–Kier alpha value is -2.63. The van der Waals surface area contributed by atoms with Gasteiger partial charge in [-0.15, -0.1) is 0 Å². The van der Waals surface area contributed by atoms with Crippen molar-refractivity contribution in [2.45, 2.75) is 25.7 Å². The predicted molar refractivity (Wildman–Crippen MR) is 89.3 cm³/mol. The zero-order valence-electron chi connectivity index (χ0n) is 13.9. The van der Waals surface area contributed by atoms with Gasteiger partial charge in [-0.1, -0.05) is 12.1 Å². The number of methoxy groups -OCH3 is 1. The second-order valence-corrected chi connectivity index (χ2v) is 5.84. The molecule has 1 aromatic carbocycles. The minimum absolute atomic E-state index is 0.106. The number of rotatable bonds is 4. The van der Waals surface area contributed by atoms with Crippen LogP contribution in [0.4, 0.5) is 0 Å². The van der Waals surface area contributed by atoms with E-state index in [0.29, 0.717) is 23.9 Å². The van der Waals surface area contributed by atoms with E-state index < -0.39 is 0 Å². The molecule has 0 saturated carbocycles. The molecule has 0 aliphatic carbocycles. The molecule has 0 spiro atoms. The Balaban J connectivity index is 1.78. The molecule has 1 aliphatic heterocycles. The molecule has 6 nitrogen and oxygen atoms in total. The summed E-state index contributed by atoms with van der Waals surface area (Å²) in [6, 6.07) is 7.41. The van der Waals surface area contributed by atoms with Crippen molar-refractivity contribution in [3.8, 4) is 17.4 Å². The number of carbonyl (C=O) groups excluding carboxylic acids is 1. The fourth-order valence-electron chi connectivity index (χ4n) is 2.93. The third-order valence-electron chi connectivity index (χ3n) is 4.20. The number of hydrogen-bond acceptors (Lipinski definition) is 5. The first-order valence-electron chi connectivity index (χ1n) is 8.05. The predicted octanol–water partition coefficient (Wildman–Crippen LogP) is 3.00. The SMILES string of the molecule is COc1ccccc1Oc1cncc(C2CCCN(C(C)=O)C2)n1. The lowest BCUT2D eigenvalue weighted by atomic mass is 9.95. The topological polar surface area (TPSA) is 64.6 Å². The van der Waals surface area contributed by atoms with Gasteiger partial charge in [0.15, 0.2) is 11.5 Å². The van der Waals surface area contributed by atoms with E-state index in [9.17, 15) is 4.79 Å². The summed E-state index contributed by atoms with van der Waals surface area (Å²) in [7, 11) is 1.60. The van der Waals surface area contributed by atoms with Gasteiger partial charge in [0.2, 0.25) is 11.8 Å². The molecule has 0 bridgehead atoms. The summed E-state index contributed by atoms with van der Waals surface area (Å²) < 4.78 is 11.1. The summed E-state index contributed by atoms with van der Waals surface area (Å²) in [5, 5.41) is 0. The van der Waals surface area contributed by atoms with Crippen LogP contribution < -0.4 is 9.47 Å². The Morgan fingerprint density at radius 3 is 2.79 bits per heavy atom. The molecule has 1 unspecified atom stereocenters. The van der Waals surface area contributed by atoms with Crippen LogP contribution in [0.25, 0.3) is 0 Å². The largest absolute Gasteiger partial charge is 0.493 e. The number of hydrogen-bond donors (Lipinski definition) is 0. The van der Waals surface area contributed by atoms with E-state index >= 15 is 0 Å². The number of nitrogens with zero attached hydrogens (tertiary/aromatic N) is 3. The van der Waals surface area contributed by atoms with Crippen molar-refractivity contribution in [1.82, 2.24) is 14.9 Å². The lowest BCUT2D eigenvalue weighted by Crippen LogP contribution is -2.37. The van der Waals surface area contributed by atoms with Crippen LogP contribution in [0.15, 0.2) is 36.7 Å². The molecule has 1 amide bonds. The maximum absolute atomic E-state index is 11.6. The summed E-state index contributed by atoms with van der Waals surface area (Å²) in [6.45, 7) is 3.11. The molecule has 1 saturated heterocycles. The van der Waals surface area contributed by atoms with Gasteiger partial charge >= 0.3 is 0 Å². The summed E-state index contributed by atoms with van der Waals surface area (Å²) in [4.78, 5) is 22.3. The van der Waals surface area contributed by atoms with Crippen molar-refractivity contribution in [3.63, 3.8) is 0 Å². The lowest BCUT2D eigenvalue weighted by molar-refractivity contribution is -0.130. The summed E-state index contributed by atoms with van der Waals surface area (Å²) in [5.74, 6) is 1.97. The minimum atomic E-state index is 0.106. The number of likely N-dealkylation sites (tertiary alicyclic amines) is 1. The number of aromatic nitrogens is 2. The van der Waals surface area contributed by atoms with Gasteiger partial charge in [0, 0.05) is 32.1 Å². The van der Waals surface area contributed by atoms with Gasteiger partial charge in [-0.2, -0.15) is 0 Å². The molecule has 24 heavy (non-hydrogen) atoms. The first-order valence-corrected chi connectivity index (χ1v) is 8.05. The molecule has 3 rings (SSSR count). The maximum atomic E-state index is 11.6. The summed E-state index contributed by atoms with van der Waals surface area (Å²) in [6.07, 6.45) is 5.31. The number of carbonyl (C=O) groups is 1. The Bertz CT molecular complexity index is 720. The molecule has 2 heterocycles. The Labute approximate surface area is 141 Å². The van der Waals surface area contributed by atoms with E-state index in [-0.39, 0.29) is 11.8 Å². The van der Waals surface area contributed by atoms with Crippen molar-refractivity contribution >= 4 is 5.91 Å². The van der Waals surface area contributed by atoms with Crippen LogP contribution in [0.5, 0.6) is 17.4 Å². The third-order valence-corrected chi connectivity index (χ3v) is 4.20. The molecule has 0 N–H and O–H groups in total. The normalized spacial score (nSPS) is 17.4. The molecular weight excluding hydrogens is 306 g/mol. The minimum Gasteiger partial charge on any atom is -0.493 e. The van der Waals surface area contributed by atoms with Crippen LogP contribution in [-0.2, 0) is 4.79 Å². The second-order valence-electron chi connectivity index (χ2n) is 5.84. The maximum Gasteiger partial charge on any atom is 0.238 e. The smallest absolute Gasteiger partial charge is 0.238 e. The highest BCUT2D eigenvalue weighted by Gasteiger charge is 2.24. The van der Waals surface area contributed by atoms with Gasteiger partial charge in [0.05, 0.1) is 19.0 Å².